The van der Waals surface area contributed by atoms with Crippen LogP contribution in [-0.4, -0.2) is 10.2 Å². The van der Waals surface area contributed by atoms with E-state index in [0.717, 1.165) is 11.3 Å². The number of benzene rings is 1. The van der Waals surface area contributed by atoms with Crippen LogP contribution in [0.1, 0.15) is 31.9 Å². The third-order valence-corrected chi connectivity index (χ3v) is 2.97. The quantitative estimate of drug-likeness (QED) is 0.808. The van der Waals surface area contributed by atoms with Gasteiger partial charge < -0.3 is 4.74 Å². The topological polar surface area (TPSA) is 35.0 Å². The summed E-state index contributed by atoms with van der Waals surface area (Å²) < 4.78 is 5.81. The molecule has 0 amide bonds. The molecule has 0 saturated carbocycles. The monoisotopic (exact) mass is 276 g/mol. The summed E-state index contributed by atoms with van der Waals surface area (Å²) in [4.78, 5) is 0. The summed E-state index contributed by atoms with van der Waals surface area (Å²) in [5.41, 5.74) is 2.35. The molecular formula is C15H17ClN2O. The van der Waals surface area contributed by atoms with Crippen molar-refractivity contribution >= 4 is 11.6 Å². The van der Waals surface area contributed by atoms with E-state index in [1.165, 1.54) is 5.56 Å². The predicted octanol–water partition coefficient (Wildman–Crippen LogP) is 4.53. The van der Waals surface area contributed by atoms with Crippen molar-refractivity contribution in [3.05, 3.63) is 46.6 Å². The number of ether oxygens (including phenoxy) is 1. The van der Waals surface area contributed by atoms with E-state index >= 15 is 0 Å². The third kappa shape index (κ3) is 3.44. The number of aromatic nitrogens is 2. The van der Waals surface area contributed by atoms with Gasteiger partial charge in [-0.05, 0) is 24.5 Å². The zero-order valence-electron chi connectivity index (χ0n) is 11.6. The molecule has 0 spiro atoms. The molecule has 100 valence electrons. The first-order valence-electron chi connectivity index (χ1n) is 6.14. The molecule has 0 aliphatic heterocycles. The average molecular weight is 277 g/mol. The van der Waals surface area contributed by atoms with Gasteiger partial charge in [-0.15, -0.1) is 10.2 Å². The van der Waals surface area contributed by atoms with Gasteiger partial charge in [0.25, 0.3) is 0 Å². The molecular weight excluding hydrogens is 260 g/mol. The van der Waals surface area contributed by atoms with E-state index in [1.54, 1.807) is 12.1 Å². The van der Waals surface area contributed by atoms with Crippen LogP contribution in [0, 0.1) is 6.92 Å². The Morgan fingerprint density at radius 1 is 1.05 bits per heavy atom. The standard InChI is InChI=1S/C15H17ClN2O/c1-10-5-6-12(11(9-10)15(2,3)4)19-14-8-7-13(16)17-18-14/h5-9H,1-4H3. The van der Waals surface area contributed by atoms with Gasteiger partial charge in [-0.3, -0.25) is 0 Å². The van der Waals surface area contributed by atoms with Crippen LogP contribution in [0.25, 0.3) is 0 Å². The maximum absolute atomic E-state index is 5.81. The normalized spacial score (nSPS) is 11.4. The summed E-state index contributed by atoms with van der Waals surface area (Å²) in [6, 6.07) is 9.50. The van der Waals surface area contributed by atoms with Crippen molar-refractivity contribution in [1.82, 2.24) is 10.2 Å². The van der Waals surface area contributed by atoms with Gasteiger partial charge >= 0.3 is 0 Å². The maximum Gasteiger partial charge on any atom is 0.238 e. The fraction of sp³-hybridized carbons (Fsp3) is 0.333. The molecule has 0 radical (unpaired) electrons. The average Bonchev–Trinajstić information content (AvgIpc) is 2.33. The molecule has 0 aliphatic carbocycles. The van der Waals surface area contributed by atoms with Gasteiger partial charge in [0.15, 0.2) is 5.15 Å². The van der Waals surface area contributed by atoms with Gasteiger partial charge in [0.1, 0.15) is 5.75 Å². The first kappa shape index (κ1) is 13.8. The minimum absolute atomic E-state index is 0.00120. The molecule has 0 N–H and O–H groups in total. The molecule has 0 fully saturated rings. The highest BCUT2D eigenvalue weighted by Gasteiger charge is 2.19. The largest absolute Gasteiger partial charge is 0.437 e. The number of nitrogens with zero attached hydrogens (tertiary/aromatic N) is 2. The van der Waals surface area contributed by atoms with E-state index < -0.39 is 0 Å². The molecule has 2 aromatic rings. The first-order valence-corrected chi connectivity index (χ1v) is 6.52. The highest BCUT2D eigenvalue weighted by molar-refractivity contribution is 6.29. The van der Waals surface area contributed by atoms with E-state index in [-0.39, 0.29) is 5.41 Å². The van der Waals surface area contributed by atoms with Crippen molar-refractivity contribution in [2.24, 2.45) is 0 Å². The minimum Gasteiger partial charge on any atom is -0.437 e. The highest BCUT2D eigenvalue weighted by Crippen LogP contribution is 2.34. The minimum atomic E-state index is 0.00120. The number of aryl methyl sites for hydroxylation is 1. The van der Waals surface area contributed by atoms with Crippen molar-refractivity contribution in [3.63, 3.8) is 0 Å². The van der Waals surface area contributed by atoms with E-state index in [1.807, 2.05) is 12.1 Å². The highest BCUT2D eigenvalue weighted by atomic mass is 35.5. The lowest BCUT2D eigenvalue weighted by Gasteiger charge is -2.22. The van der Waals surface area contributed by atoms with Crippen molar-refractivity contribution in [1.29, 1.82) is 0 Å². The molecule has 0 aliphatic rings. The molecule has 0 saturated heterocycles. The molecule has 2 rings (SSSR count). The Morgan fingerprint density at radius 3 is 2.37 bits per heavy atom. The summed E-state index contributed by atoms with van der Waals surface area (Å²) in [7, 11) is 0. The predicted molar refractivity (Wildman–Crippen MR) is 77.0 cm³/mol. The van der Waals surface area contributed by atoms with Crippen LogP contribution in [0.5, 0.6) is 11.6 Å². The number of hydrogen-bond donors (Lipinski definition) is 0. The molecule has 19 heavy (non-hydrogen) atoms. The summed E-state index contributed by atoms with van der Waals surface area (Å²) in [6.07, 6.45) is 0. The van der Waals surface area contributed by atoms with Gasteiger partial charge in [-0.1, -0.05) is 50.1 Å². The fourth-order valence-corrected chi connectivity index (χ4v) is 1.89. The number of rotatable bonds is 2. The van der Waals surface area contributed by atoms with Crippen molar-refractivity contribution in [3.8, 4) is 11.6 Å². The van der Waals surface area contributed by atoms with Gasteiger partial charge in [0.05, 0.1) is 0 Å². The Bertz CT molecular complexity index is 574. The molecule has 1 aromatic heterocycles. The second-order valence-electron chi connectivity index (χ2n) is 5.55. The smallest absolute Gasteiger partial charge is 0.238 e. The van der Waals surface area contributed by atoms with Gasteiger partial charge in [0, 0.05) is 11.6 Å². The van der Waals surface area contributed by atoms with E-state index in [0.29, 0.717) is 11.0 Å². The van der Waals surface area contributed by atoms with Crippen LogP contribution in [0.3, 0.4) is 0 Å². The summed E-state index contributed by atoms with van der Waals surface area (Å²) in [5, 5.41) is 8.04. The zero-order valence-corrected chi connectivity index (χ0v) is 12.3. The Kier molecular flexibility index (Phi) is 3.76. The van der Waals surface area contributed by atoms with Crippen molar-refractivity contribution in [2.75, 3.05) is 0 Å². The van der Waals surface area contributed by atoms with Crippen LogP contribution in [0.15, 0.2) is 30.3 Å². The molecule has 3 nitrogen and oxygen atoms in total. The second-order valence-corrected chi connectivity index (χ2v) is 5.93. The zero-order chi connectivity index (χ0) is 14.0. The van der Waals surface area contributed by atoms with Crippen LogP contribution >= 0.6 is 11.6 Å². The molecule has 1 heterocycles. The van der Waals surface area contributed by atoms with E-state index in [2.05, 4.69) is 44.0 Å². The molecule has 0 atom stereocenters. The van der Waals surface area contributed by atoms with Crippen LogP contribution < -0.4 is 4.74 Å². The Balaban J connectivity index is 2.37. The lowest BCUT2D eigenvalue weighted by atomic mass is 9.85. The third-order valence-electron chi connectivity index (χ3n) is 2.77. The van der Waals surface area contributed by atoms with Gasteiger partial charge in [-0.25, -0.2) is 0 Å². The maximum atomic E-state index is 5.81. The lowest BCUT2D eigenvalue weighted by molar-refractivity contribution is 0.433. The Labute approximate surface area is 118 Å². The molecule has 1 aromatic carbocycles. The van der Waals surface area contributed by atoms with Crippen molar-refractivity contribution < 1.29 is 4.74 Å². The Hall–Kier alpha value is -1.61. The first-order chi connectivity index (χ1) is 8.86. The number of halogens is 1. The summed E-state index contributed by atoms with van der Waals surface area (Å²) in [6.45, 7) is 8.54. The molecule has 0 unspecified atom stereocenters. The fourth-order valence-electron chi connectivity index (χ4n) is 1.79. The molecule has 4 heteroatoms. The Morgan fingerprint density at radius 2 is 1.79 bits per heavy atom. The van der Waals surface area contributed by atoms with Crippen molar-refractivity contribution in [2.45, 2.75) is 33.1 Å². The van der Waals surface area contributed by atoms with Crippen LogP contribution in [0.4, 0.5) is 0 Å². The van der Waals surface area contributed by atoms with E-state index in [4.69, 9.17) is 16.3 Å². The van der Waals surface area contributed by atoms with Gasteiger partial charge in [0.2, 0.25) is 5.88 Å². The molecule has 0 bridgehead atoms. The summed E-state index contributed by atoms with van der Waals surface area (Å²) >= 11 is 5.71. The van der Waals surface area contributed by atoms with Crippen LogP contribution in [-0.2, 0) is 5.41 Å². The van der Waals surface area contributed by atoms with E-state index in [9.17, 15) is 0 Å². The SMILES string of the molecule is Cc1ccc(Oc2ccc(Cl)nn2)c(C(C)(C)C)c1. The number of hydrogen-bond acceptors (Lipinski definition) is 3. The van der Waals surface area contributed by atoms with Gasteiger partial charge in [-0.2, -0.15) is 0 Å². The van der Waals surface area contributed by atoms with Crippen LogP contribution in [0.2, 0.25) is 5.15 Å². The lowest BCUT2D eigenvalue weighted by Crippen LogP contribution is -2.13. The summed E-state index contributed by atoms with van der Waals surface area (Å²) in [5.74, 6) is 1.24. The second kappa shape index (κ2) is 5.17.